The van der Waals surface area contributed by atoms with Crippen LogP contribution in [0.3, 0.4) is 0 Å². The van der Waals surface area contributed by atoms with Crippen molar-refractivity contribution in [2.24, 2.45) is 0 Å². The van der Waals surface area contributed by atoms with Crippen molar-refractivity contribution in [3.63, 3.8) is 0 Å². The summed E-state index contributed by atoms with van der Waals surface area (Å²) in [7, 11) is 1.93. The number of nitro benzene ring substituents is 1. The van der Waals surface area contributed by atoms with Crippen molar-refractivity contribution in [1.29, 1.82) is 0 Å². The third-order valence-electron chi connectivity index (χ3n) is 2.93. The number of halogens is 2. The van der Waals surface area contributed by atoms with Gasteiger partial charge in [0.25, 0.3) is 5.69 Å². The molecule has 0 bridgehead atoms. The van der Waals surface area contributed by atoms with Crippen LogP contribution in [0.2, 0.25) is 5.02 Å². The van der Waals surface area contributed by atoms with Gasteiger partial charge in [0.05, 0.1) is 8.49 Å². The third-order valence-corrected chi connectivity index (χ3v) is 4.17. The molecular formula is C14H12ClIN2O2. The summed E-state index contributed by atoms with van der Waals surface area (Å²) in [6.45, 7) is 0.646. The molecule has 20 heavy (non-hydrogen) atoms. The van der Waals surface area contributed by atoms with E-state index in [1.165, 1.54) is 6.07 Å². The third kappa shape index (κ3) is 3.40. The van der Waals surface area contributed by atoms with Crippen LogP contribution in [-0.4, -0.2) is 12.0 Å². The molecule has 0 unspecified atom stereocenters. The molecular weight excluding hydrogens is 391 g/mol. The molecule has 0 atom stereocenters. The first-order valence-electron chi connectivity index (χ1n) is 5.87. The second-order valence-electron chi connectivity index (χ2n) is 4.34. The molecule has 0 saturated heterocycles. The van der Waals surface area contributed by atoms with E-state index in [1.54, 1.807) is 12.1 Å². The number of hydrogen-bond acceptors (Lipinski definition) is 3. The largest absolute Gasteiger partial charge is 0.370 e. The van der Waals surface area contributed by atoms with E-state index in [9.17, 15) is 10.1 Å². The van der Waals surface area contributed by atoms with Gasteiger partial charge < -0.3 is 4.90 Å². The summed E-state index contributed by atoms with van der Waals surface area (Å²) in [5.74, 6) is 0. The Morgan fingerprint density at radius 1 is 1.30 bits per heavy atom. The van der Waals surface area contributed by atoms with E-state index in [4.69, 9.17) is 11.6 Å². The number of benzene rings is 2. The maximum atomic E-state index is 10.8. The van der Waals surface area contributed by atoms with Crippen molar-refractivity contribution in [3.8, 4) is 0 Å². The van der Waals surface area contributed by atoms with E-state index in [0.717, 1.165) is 16.3 Å². The lowest BCUT2D eigenvalue weighted by Gasteiger charge is -2.20. The maximum Gasteiger partial charge on any atom is 0.282 e. The van der Waals surface area contributed by atoms with Crippen molar-refractivity contribution in [3.05, 3.63) is 66.7 Å². The van der Waals surface area contributed by atoms with Crippen LogP contribution < -0.4 is 4.90 Å². The zero-order valence-electron chi connectivity index (χ0n) is 10.7. The molecule has 0 fully saturated rings. The van der Waals surface area contributed by atoms with Crippen LogP contribution in [0.5, 0.6) is 0 Å². The van der Waals surface area contributed by atoms with Gasteiger partial charge in [-0.1, -0.05) is 29.8 Å². The second kappa shape index (κ2) is 6.41. The lowest BCUT2D eigenvalue weighted by atomic mass is 10.2. The minimum atomic E-state index is -0.375. The number of anilines is 1. The Hall–Kier alpha value is -1.34. The van der Waals surface area contributed by atoms with E-state index in [0.29, 0.717) is 10.1 Å². The molecule has 0 spiro atoms. The highest BCUT2D eigenvalue weighted by atomic mass is 127. The second-order valence-corrected chi connectivity index (χ2v) is 5.91. The topological polar surface area (TPSA) is 46.4 Å². The molecule has 0 amide bonds. The van der Waals surface area contributed by atoms with Gasteiger partial charge in [-0.2, -0.15) is 0 Å². The molecule has 0 radical (unpaired) electrons. The number of nitrogens with zero attached hydrogens (tertiary/aromatic N) is 2. The first-order valence-corrected chi connectivity index (χ1v) is 7.33. The highest BCUT2D eigenvalue weighted by Crippen LogP contribution is 2.27. The zero-order chi connectivity index (χ0) is 14.7. The molecule has 2 aromatic rings. The molecule has 104 valence electrons. The number of hydrogen-bond donors (Lipinski definition) is 0. The lowest BCUT2D eigenvalue weighted by molar-refractivity contribution is -0.385. The minimum Gasteiger partial charge on any atom is -0.370 e. The summed E-state index contributed by atoms with van der Waals surface area (Å²) in [5, 5.41) is 11.5. The molecule has 0 aliphatic carbocycles. The Bertz CT molecular complexity index is 649. The van der Waals surface area contributed by atoms with Gasteiger partial charge in [0.1, 0.15) is 0 Å². The Morgan fingerprint density at radius 2 is 2.00 bits per heavy atom. The van der Waals surface area contributed by atoms with Crippen LogP contribution in [0.25, 0.3) is 0 Å². The van der Waals surface area contributed by atoms with E-state index in [2.05, 4.69) is 0 Å². The van der Waals surface area contributed by atoms with Crippen molar-refractivity contribution in [2.75, 3.05) is 11.9 Å². The number of rotatable bonds is 4. The zero-order valence-corrected chi connectivity index (χ0v) is 13.6. The molecule has 2 aromatic carbocycles. The Labute approximate surface area is 135 Å². The standard InChI is InChI=1S/C14H12ClIN2O2/c1-17(9-10-4-2-3-5-12(10)15)11-6-7-14(18(19)20)13(16)8-11/h2-8H,9H2,1H3. The van der Waals surface area contributed by atoms with Gasteiger partial charge in [0, 0.05) is 30.4 Å². The average molecular weight is 403 g/mol. The van der Waals surface area contributed by atoms with Crippen molar-refractivity contribution in [1.82, 2.24) is 0 Å². The van der Waals surface area contributed by atoms with Crippen LogP contribution in [0, 0.1) is 13.7 Å². The molecule has 0 saturated carbocycles. The van der Waals surface area contributed by atoms with Gasteiger partial charge in [-0.05, 0) is 46.4 Å². The maximum absolute atomic E-state index is 10.8. The number of nitro groups is 1. The van der Waals surface area contributed by atoms with Crippen LogP contribution >= 0.6 is 34.2 Å². The van der Waals surface area contributed by atoms with E-state index in [1.807, 2.05) is 58.8 Å². The molecule has 6 heteroatoms. The molecule has 2 rings (SSSR count). The Morgan fingerprint density at radius 3 is 2.60 bits per heavy atom. The van der Waals surface area contributed by atoms with Crippen LogP contribution in [-0.2, 0) is 6.54 Å². The molecule has 0 aliphatic rings. The highest BCUT2D eigenvalue weighted by Gasteiger charge is 2.13. The molecule has 4 nitrogen and oxygen atoms in total. The van der Waals surface area contributed by atoms with Gasteiger partial charge in [0.15, 0.2) is 0 Å². The van der Waals surface area contributed by atoms with E-state index >= 15 is 0 Å². The summed E-state index contributed by atoms with van der Waals surface area (Å²) in [6.07, 6.45) is 0. The minimum absolute atomic E-state index is 0.125. The molecule has 0 heterocycles. The molecule has 0 aromatic heterocycles. The van der Waals surface area contributed by atoms with E-state index < -0.39 is 0 Å². The predicted molar refractivity (Wildman–Crippen MR) is 89.4 cm³/mol. The van der Waals surface area contributed by atoms with Crippen molar-refractivity contribution in [2.45, 2.75) is 6.54 Å². The fourth-order valence-electron chi connectivity index (χ4n) is 1.85. The van der Waals surface area contributed by atoms with Gasteiger partial charge in [-0.25, -0.2) is 0 Å². The quantitative estimate of drug-likeness (QED) is 0.430. The lowest BCUT2D eigenvalue weighted by Crippen LogP contribution is -2.16. The first-order chi connectivity index (χ1) is 9.49. The van der Waals surface area contributed by atoms with Crippen LogP contribution in [0.4, 0.5) is 11.4 Å². The van der Waals surface area contributed by atoms with Gasteiger partial charge in [0.2, 0.25) is 0 Å². The highest BCUT2D eigenvalue weighted by molar-refractivity contribution is 14.1. The van der Waals surface area contributed by atoms with Gasteiger partial charge >= 0.3 is 0 Å². The van der Waals surface area contributed by atoms with Crippen LogP contribution in [0.1, 0.15) is 5.56 Å². The van der Waals surface area contributed by atoms with Crippen molar-refractivity contribution >= 4 is 45.6 Å². The Balaban J connectivity index is 2.22. The monoisotopic (exact) mass is 402 g/mol. The first kappa shape index (κ1) is 15.1. The predicted octanol–water partition coefficient (Wildman–Crippen LogP) is 4.49. The summed E-state index contributed by atoms with van der Waals surface area (Å²) >= 11 is 8.11. The normalized spacial score (nSPS) is 10.3. The Kier molecular flexibility index (Phi) is 4.82. The van der Waals surface area contributed by atoms with Gasteiger partial charge in [-0.15, -0.1) is 0 Å². The summed E-state index contributed by atoms with van der Waals surface area (Å²) < 4.78 is 0.621. The fourth-order valence-corrected chi connectivity index (χ4v) is 2.75. The fraction of sp³-hybridized carbons (Fsp3) is 0.143. The van der Waals surface area contributed by atoms with Gasteiger partial charge in [-0.3, -0.25) is 10.1 Å². The summed E-state index contributed by atoms with van der Waals surface area (Å²) in [5.41, 5.74) is 2.06. The smallest absolute Gasteiger partial charge is 0.282 e. The summed E-state index contributed by atoms with van der Waals surface area (Å²) in [4.78, 5) is 12.4. The van der Waals surface area contributed by atoms with Crippen LogP contribution in [0.15, 0.2) is 42.5 Å². The average Bonchev–Trinajstić information content (AvgIpc) is 2.40. The molecule has 0 aliphatic heterocycles. The summed E-state index contributed by atoms with van der Waals surface area (Å²) in [6, 6.07) is 12.7. The van der Waals surface area contributed by atoms with Crippen molar-refractivity contribution < 1.29 is 4.92 Å². The SMILES string of the molecule is CN(Cc1ccccc1Cl)c1ccc([N+](=O)[O-])c(I)c1. The van der Waals surface area contributed by atoms with E-state index in [-0.39, 0.29) is 10.6 Å². The molecule has 0 N–H and O–H groups in total.